The van der Waals surface area contributed by atoms with E-state index in [0.29, 0.717) is 13.2 Å². The normalized spacial score (nSPS) is 22.6. The highest BCUT2D eigenvalue weighted by Crippen LogP contribution is 2.19. The SMILES string of the molecule is C#CC[N+](C)(C)CCCCOC1OCCCC1OC(C)=O. The molecule has 0 radical (unpaired) electrons. The van der Waals surface area contributed by atoms with Gasteiger partial charge in [-0.1, -0.05) is 0 Å². The lowest BCUT2D eigenvalue weighted by molar-refractivity contribution is -0.883. The quantitative estimate of drug-likeness (QED) is 0.295. The smallest absolute Gasteiger partial charge is 0.303 e. The Morgan fingerprint density at radius 2 is 2.19 bits per heavy atom. The van der Waals surface area contributed by atoms with Crippen LogP contribution in [0.1, 0.15) is 32.6 Å². The van der Waals surface area contributed by atoms with Crippen molar-refractivity contribution in [3.8, 4) is 12.3 Å². The number of terminal acetylenes is 1. The van der Waals surface area contributed by atoms with E-state index in [4.69, 9.17) is 20.6 Å². The molecular weight excluding hydrogens is 270 g/mol. The molecule has 1 saturated heterocycles. The third-order valence-electron chi connectivity index (χ3n) is 3.50. The number of nitrogens with zero attached hydrogens (tertiary/aromatic N) is 1. The Hall–Kier alpha value is -1.09. The van der Waals surface area contributed by atoms with Crippen molar-refractivity contribution in [1.82, 2.24) is 0 Å². The van der Waals surface area contributed by atoms with E-state index in [1.807, 2.05) is 0 Å². The number of esters is 1. The van der Waals surface area contributed by atoms with Gasteiger partial charge in [0.1, 0.15) is 6.54 Å². The van der Waals surface area contributed by atoms with Crippen molar-refractivity contribution in [3.63, 3.8) is 0 Å². The van der Waals surface area contributed by atoms with Gasteiger partial charge in [0.05, 0.1) is 33.9 Å². The molecule has 0 aromatic carbocycles. The first-order valence-corrected chi connectivity index (χ1v) is 7.60. The number of ether oxygens (including phenoxy) is 3. The van der Waals surface area contributed by atoms with E-state index in [0.717, 1.165) is 43.3 Å². The summed E-state index contributed by atoms with van der Waals surface area (Å²) in [7, 11) is 4.25. The zero-order valence-electron chi connectivity index (χ0n) is 13.5. The van der Waals surface area contributed by atoms with Gasteiger partial charge in [0.2, 0.25) is 0 Å². The zero-order valence-corrected chi connectivity index (χ0v) is 13.5. The number of hydrogen-bond acceptors (Lipinski definition) is 4. The van der Waals surface area contributed by atoms with Gasteiger partial charge >= 0.3 is 5.97 Å². The fourth-order valence-corrected chi connectivity index (χ4v) is 2.38. The number of hydrogen-bond donors (Lipinski definition) is 0. The summed E-state index contributed by atoms with van der Waals surface area (Å²) in [4.78, 5) is 11.1. The molecule has 0 saturated carbocycles. The van der Waals surface area contributed by atoms with Crippen LogP contribution in [-0.4, -0.2) is 63.2 Å². The van der Waals surface area contributed by atoms with Gasteiger partial charge in [-0.05, 0) is 31.6 Å². The average Bonchev–Trinajstić information content (AvgIpc) is 2.39. The van der Waals surface area contributed by atoms with E-state index in [9.17, 15) is 4.79 Å². The maximum Gasteiger partial charge on any atom is 0.303 e. The Kier molecular flexibility index (Phi) is 7.73. The lowest BCUT2D eigenvalue weighted by atomic mass is 10.1. The third kappa shape index (κ3) is 7.47. The maximum atomic E-state index is 11.1. The first-order valence-electron chi connectivity index (χ1n) is 7.60. The van der Waals surface area contributed by atoms with Gasteiger partial charge in [0, 0.05) is 6.92 Å². The van der Waals surface area contributed by atoms with Gasteiger partial charge in [0.25, 0.3) is 0 Å². The van der Waals surface area contributed by atoms with Crippen molar-refractivity contribution in [2.75, 3.05) is 40.4 Å². The molecule has 120 valence electrons. The predicted molar refractivity (Wildman–Crippen MR) is 80.4 cm³/mol. The van der Waals surface area contributed by atoms with Crippen LogP contribution in [0, 0.1) is 12.3 Å². The molecule has 2 atom stereocenters. The Morgan fingerprint density at radius 3 is 2.86 bits per heavy atom. The Morgan fingerprint density at radius 1 is 1.43 bits per heavy atom. The second-order valence-corrected chi connectivity index (χ2v) is 6.13. The average molecular weight is 298 g/mol. The molecule has 1 heterocycles. The lowest BCUT2D eigenvalue weighted by Crippen LogP contribution is -2.41. The second-order valence-electron chi connectivity index (χ2n) is 6.13. The van der Waals surface area contributed by atoms with Crippen molar-refractivity contribution < 1.29 is 23.5 Å². The van der Waals surface area contributed by atoms with E-state index < -0.39 is 6.29 Å². The van der Waals surface area contributed by atoms with Crippen molar-refractivity contribution in [1.29, 1.82) is 0 Å². The van der Waals surface area contributed by atoms with E-state index >= 15 is 0 Å². The lowest BCUT2D eigenvalue weighted by Gasteiger charge is -2.31. The summed E-state index contributed by atoms with van der Waals surface area (Å²) in [6, 6.07) is 0. The van der Waals surface area contributed by atoms with E-state index in [2.05, 4.69) is 20.0 Å². The fraction of sp³-hybridized carbons (Fsp3) is 0.812. The molecule has 0 aromatic heterocycles. The standard InChI is InChI=1S/C16H28NO4/c1-5-10-17(3,4)11-6-7-12-19-16-15(21-14(2)18)9-8-13-20-16/h1,15-16H,6-13H2,2-4H3/q+1. The second kappa shape index (κ2) is 9.04. The largest absolute Gasteiger partial charge is 0.457 e. The fourth-order valence-electron chi connectivity index (χ4n) is 2.38. The minimum atomic E-state index is -0.421. The molecule has 5 heteroatoms. The molecular formula is C16H28NO4+. The Labute approximate surface area is 128 Å². The molecule has 0 aromatic rings. The highest BCUT2D eigenvalue weighted by Gasteiger charge is 2.29. The summed E-state index contributed by atoms with van der Waals surface area (Å²) < 4.78 is 17.3. The third-order valence-corrected chi connectivity index (χ3v) is 3.50. The summed E-state index contributed by atoms with van der Waals surface area (Å²) in [5.41, 5.74) is 0. The highest BCUT2D eigenvalue weighted by molar-refractivity contribution is 5.66. The summed E-state index contributed by atoms with van der Waals surface area (Å²) in [6.45, 7) is 4.44. The summed E-state index contributed by atoms with van der Waals surface area (Å²) in [5, 5.41) is 0. The molecule has 0 spiro atoms. The topological polar surface area (TPSA) is 44.8 Å². The van der Waals surface area contributed by atoms with Gasteiger partial charge in [0.15, 0.2) is 12.4 Å². The molecule has 5 nitrogen and oxygen atoms in total. The Balaban J connectivity index is 2.21. The van der Waals surface area contributed by atoms with E-state index in [1.54, 1.807) is 0 Å². The first kappa shape index (κ1) is 18.0. The molecule has 0 aliphatic carbocycles. The molecule has 1 rings (SSSR count). The van der Waals surface area contributed by atoms with Crippen molar-refractivity contribution in [3.05, 3.63) is 0 Å². The zero-order chi connectivity index (χ0) is 15.7. The van der Waals surface area contributed by atoms with Gasteiger partial charge in [-0.25, -0.2) is 0 Å². The van der Waals surface area contributed by atoms with E-state index in [1.165, 1.54) is 6.92 Å². The van der Waals surface area contributed by atoms with Gasteiger partial charge in [-0.3, -0.25) is 4.79 Å². The highest BCUT2D eigenvalue weighted by atomic mass is 16.7. The Bertz CT molecular complexity index is 362. The number of unbranched alkanes of at least 4 members (excludes halogenated alkanes) is 1. The summed E-state index contributed by atoms with van der Waals surface area (Å²) >= 11 is 0. The monoisotopic (exact) mass is 298 g/mol. The summed E-state index contributed by atoms with van der Waals surface area (Å²) in [5.74, 6) is 2.41. The molecule has 0 amide bonds. The van der Waals surface area contributed by atoms with Crippen molar-refractivity contribution in [2.45, 2.75) is 45.0 Å². The van der Waals surface area contributed by atoms with Crippen LogP contribution in [0.4, 0.5) is 0 Å². The number of carbonyl (C=O) groups excluding carboxylic acids is 1. The number of quaternary nitrogens is 1. The van der Waals surface area contributed by atoms with Crippen LogP contribution >= 0.6 is 0 Å². The molecule has 2 unspecified atom stereocenters. The van der Waals surface area contributed by atoms with Crippen LogP contribution in [0.5, 0.6) is 0 Å². The van der Waals surface area contributed by atoms with Gasteiger partial charge < -0.3 is 18.7 Å². The summed E-state index contributed by atoms with van der Waals surface area (Å²) in [6.07, 6.45) is 8.34. The molecule has 1 fully saturated rings. The van der Waals surface area contributed by atoms with Crippen LogP contribution in [0.3, 0.4) is 0 Å². The predicted octanol–water partition coefficient (Wildman–Crippen LogP) is 1.56. The van der Waals surface area contributed by atoms with Crippen LogP contribution in [0.2, 0.25) is 0 Å². The minimum Gasteiger partial charge on any atom is -0.457 e. The number of carbonyl (C=O) groups is 1. The van der Waals surface area contributed by atoms with Crippen LogP contribution < -0.4 is 0 Å². The van der Waals surface area contributed by atoms with Crippen molar-refractivity contribution >= 4 is 5.97 Å². The van der Waals surface area contributed by atoms with Crippen molar-refractivity contribution in [2.24, 2.45) is 0 Å². The van der Waals surface area contributed by atoms with Crippen LogP contribution in [0.25, 0.3) is 0 Å². The van der Waals surface area contributed by atoms with E-state index in [-0.39, 0.29) is 12.1 Å². The van der Waals surface area contributed by atoms with Crippen LogP contribution in [0.15, 0.2) is 0 Å². The van der Waals surface area contributed by atoms with Gasteiger partial charge in [-0.2, -0.15) is 0 Å². The molecule has 0 N–H and O–H groups in total. The van der Waals surface area contributed by atoms with Gasteiger partial charge in [-0.15, -0.1) is 6.42 Å². The first-order chi connectivity index (χ1) is 9.94. The molecule has 1 aliphatic heterocycles. The molecule has 1 aliphatic rings. The molecule has 21 heavy (non-hydrogen) atoms. The maximum absolute atomic E-state index is 11.1. The minimum absolute atomic E-state index is 0.273. The number of rotatable bonds is 8. The molecule has 0 bridgehead atoms. The van der Waals surface area contributed by atoms with Crippen LogP contribution in [-0.2, 0) is 19.0 Å².